The summed E-state index contributed by atoms with van der Waals surface area (Å²) < 4.78 is 0. The van der Waals surface area contributed by atoms with E-state index in [1.54, 1.807) is 18.0 Å². The Morgan fingerprint density at radius 3 is 2.74 bits per heavy atom. The number of thioether (sulfide) groups is 1. The number of fused-ring (bicyclic) bond motifs is 1. The van der Waals surface area contributed by atoms with Crippen LogP contribution in [0.3, 0.4) is 0 Å². The number of nitrogens with zero attached hydrogens (tertiary/aromatic N) is 1. The highest BCUT2D eigenvalue weighted by Gasteiger charge is 2.27. The SMILES string of the molecule is CC[C@@H](C)NC(=O)c1ccc2c(c1)N(C)C(=O)/C(=C/c1cccc(C)c1)S2. The summed E-state index contributed by atoms with van der Waals surface area (Å²) in [6.07, 6.45) is 2.79. The Morgan fingerprint density at radius 2 is 2.04 bits per heavy atom. The number of likely N-dealkylation sites (N-methyl/N-ethyl adjacent to an activating group) is 1. The number of hydrogen-bond donors (Lipinski definition) is 1. The van der Waals surface area contributed by atoms with Gasteiger partial charge in [-0.15, -0.1) is 0 Å². The molecule has 0 saturated carbocycles. The summed E-state index contributed by atoms with van der Waals surface area (Å²) in [5, 5.41) is 2.96. The number of carbonyl (C=O) groups excluding carboxylic acids is 2. The fraction of sp³-hybridized carbons (Fsp3) is 0.273. The molecule has 2 aromatic carbocycles. The van der Waals surface area contributed by atoms with Gasteiger partial charge in [0.1, 0.15) is 0 Å². The molecular formula is C22H24N2O2S. The van der Waals surface area contributed by atoms with Crippen LogP contribution in [0.25, 0.3) is 6.08 Å². The number of nitrogens with one attached hydrogen (secondary N) is 1. The number of rotatable bonds is 4. The standard InChI is InChI=1S/C22H24N2O2S/c1-5-15(3)23-21(25)17-9-10-19-18(13-17)24(4)22(26)20(27-19)12-16-8-6-7-14(2)11-16/h6-13,15H,5H2,1-4H3,(H,23,25)/b20-12-/t15-/m1/s1. The van der Waals surface area contributed by atoms with Crippen molar-refractivity contribution in [2.75, 3.05) is 11.9 Å². The Hall–Kier alpha value is -2.53. The van der Waals surface area contributed by atoms with Crippen molar-refractivity contribution in [3.63, 3.8) is 0 Å². The van der Waals surface area contributed by atoms with Crippen molar-refractivity contribution in [3.8, 4) is 0 Å². The van der Waals surface area contributed by atoms with Gasteiger partial charge in [-0.1, -0.05) is 48.5 Å². The van der Waals surface area contributed by atoms with Crippen LogP contribution >= 0.6 is 11.8 Å². The Kier molecular flexibility index (Phi) is 5.71. The third-order valence-electron chi connectivity index (χ3n) is 4.65. The first-order valence-electron chi connectivity index (χ1n) is 9.08. The lowest BCUT2D eigenvalue weighted by Gasteiger charge is -2.27. The van der Waals surface area contributed by atoms with E-state index < -0.39 is 0 Å². The quantitative estimate of drug-likeness (QED) is 0.787. The molecule has 1 aliphatic heterocycles. The van der Waals surface area contributed by atoms with Gasteiger partial charge >= 0.3 is 0 Å². The minimum absolute atomic E-state index is 0.0616. The topological polar surface area (TPSA) is 49.4 Å². The second-order valence-electron chi connectivity index (χ2n) is 6.85. The molecule has 0 saturated heterocycles. The highest BCUT2D eigenvalue weighted by molar-refractivity contribution is 8.04. The van der Waals surface area contributed by atoms with E-state index in [4.69, 9.17) is 0 Å². The smallest absolute Gasteiger partial charge is 0.264 e. The summed E-state index contributed by atoms with van der Waals surface area (Å²) in [5.41, 5.74) is 3.50. The zero-order valence-electron chi connectivity index (χ0n) is 16.1. The second-order valence-corrected chi connectivity index (χ2v) is 7.94. The molecule has 0 aromatic heterocycles. The highest BCUT2D eigenvalue weighted by Crippen LogP contribution is 2.42. The predicted molar refractivity (Wildman–Crippen MR) is 112 cm³/mol. The van der Waals surface area contributed by atoms with E-state index in [1.165, 1.54) is 11.8 Å². The summed E-state index contributed by atoms with van der Waals surface area (Å²) in [7, 11) is 1.75. The van der Waals surface area contributed by atoms with Gasteiger partial charge in [-0.3, -0.25) is 9.59 Å². The molecule has 0 unspecified atom stereocenters. The van der Waals surface area contributed by atoms with E-state index in [1.807, 2.05) is 57.2 Å². The lowest BCUT2D eigenvalue weighted by atomic mass is 10.1. The number of anilines is 1. The molecule has 3 rings (SSSR count). The molecule has 2 amide bonds. The molecule has 0 bridgehead atoms. The fourth-order valence-corrected chi connectivity index (χ4v) is 3.95. The molecule has 1 aliphatic rings. The summed E-state index contributed by atoms with van der Waals surface area (Å²) in [5.74, 6) is -0.174. The first-order valence-corrected chi connectivity index (χ1v) is 9.90. The van der Waals surface area contributed by atoms with E-state index in [0.717, 1.165) is 28.1 Å². The van der Waals surface area contributed by atoms with E-state index >= 15 is 0 Å². The summed E-state index contributed by atoms with van der Waals surface area (Å²) in [6, 6.07) is 13.7. The zero-order valence-corrected chi connectivity index (χ0v) is 16.9. The Balaban J connectivity index is 1.90. The van der Waals surface area contributed by atoms with E-state index in [0.29, 0.717) is 10.5 Å². The van der Waals surface area contributed by atoms with Gasteiger partial charge in [-0.2, -0.15) is 0 Å². The molecule has 0 radical (unpaired) electrons. The molecule has 1 N–H and O–H groups in total. The van der Waals surface area contributed by atoms with E-state index in [2.05, 4.69) is 11.4 Å². The first-order chi connectivity index (χ1) is 12.9. The third-order valence-corrected chi connectivity index (χ3v) is 5.73. The minimum Gasteiger partial charge on any atom is -0.350 e. The second kappa shape index (κ2) is 8.01. The van der Waals surface area contributed by atoms with Crippen LogP contribution in [0.5, 0.6) is 0 Å². The van der Waals surface area contributed by atoms with Crippen molar-refractivity contribution in [1.82, 2.24) is 5.32 Å². The number of benzene rings is 2. The van der Waals surface area contributed by atoms with E-state index in [9.17, 15) is 9.59 Å². The van der Waals surface area contributed by atoms with Crippen LogP contribution in [0, 0.1) is 6.92 Å². The Morgan fingerprint density at radius 1 is 1.26 bits per heavy atom. The average molecular weight is 381 g/mol. The van der Waals surface area contributed by atoms with Crippen LogP contribution in [0.15, 0.2) is 52.3 Å². The largest absolute Gasteiger partial charge is 0.350 e. The van der Waals surface area contributed by atoms with Crippen LogP contribution in [0.2, 0.25) is 0 Å². The van der Waals surface area contributed by atoms with Gasteiger partial charge in [0, 0.05) is 23.5 Å². The molecule has 140 valence electrons. The maximum absolute atomic E-state index is 12.8. The number of hydrogen-bond acceptors (Lipinski definition) is 3. The molecule has 1 heterocycles. The summed E-state index contributed by atoms with van der Waals surface area (Å²) >= 11 is 1.45. The zero-order chi connectivity index (χ0) is 19.6. The van der Waals surface area contributed by atoms with Gasteiger partial charge in [0.15, 0.2) is 0 Å². The van der Waals surface area contributed by atoms with Crippen molar-refractivity contribution < 1.29 is 9.59 Å². The first kappa shape index (κ1) is 19.2. The average Bonchev–Trinajstić information content (AvgIpc) is 2.65. The lowest BCUT2D eigenvalue weighted by molar-refractivity contribution is -0.114. The van der Waals surface area contributed by atoms with Crippen LogP contribution in [0.4, 0.5) is 5.69 Å². The molecule has 0 fully saturated rings. The third kappa shape index (κ3) is 4.25. The lowest BCUT2D eigenvalue weighted by Crippen LogP contribution is -2.33. The van der Waals surface area contributed by atoms with E-state index in [-0.39, 0.29) is 17.9 Å². The molecule has 0 spiro atoms. The minimum atomic E-state index is -0.112. The number of carbonyl (C=O) groups is 2. The van der Waals surface area contributed by atoms with Crippen molar-refractivity contribution in [2.24, 2.45) is 0 Å². The van der Waals surface area contributed by atoms with Crippen molar-refractivity contribution in [1.29, 1.82) is 0 Å². The van der Waals surface area contributed by atoms with Crippen LogP contribution in [-0.4, -0.2) is 24.9 Å². The molecule has 0 aliphatic carbocycles. The number of amides is 2. The molecule has 27 heavy (non-hydrogen) atoms. The van der Waals surface area contributed by atoms with Gasteiger partial charge in [0.05, 0.1) is 10.6 Å². The number of aryl methyl sites for hydroxylation is 1. The Bertz CT molecular complexity index is 920. The maximum Gasteiger partial charge on any atom is 0.264 e. The van der Waals surface area contributed by atoms with Gasteiger partial charge < -0.3 is 10.2 Å². The Labute approximate surface area is 164 Å². The van der Waals surface area contributed by atoms with Crippen LogP contribution in [-0.2, 0) is 4.79 Å². The van der Waals surface area contributed by atoms with Gasteiger partial charge in [0.25, 0.3) is 11.8 Å². The molecular weight excluding hydrogens is 356 g/mol. The highest BCUT2D eigenvalue weighted by atomic mass is 32.2. The van der Waals surface area contributed by atoms with Crippen molar-refractivity contribution in [3.05, 3.63) is 64.1 Å². The molecule has 5 heteroatoms. The molecule has 2 aromatic rings. The molecule has 4 nitrogen and oxygen atoms in total. The molecule has 1 atom stereocenters. The monoisotopic (exact) mass is 380 g/mol. The van der Waals surface area contributed by atoms with Crippen molar-refractivity contribution in [2.45, 2.75) is 38.1 Å². The van der Waals surface area contributed by atoms with Gasteiger partial charge in [-0.25, -0.2) is 0 Å². The van der Waals surface area contributed by atoms with Crippen LogP contribution < -0.4 is 10.2 Å². The fourth-order valence-electron chi connectivity index (χ4n) is 2.86. The maximum atomic E-state index is 12.8. The summed E-state index contributed by atoms with van der Waals surface area (Å²) in [6.45, 7) is 6.04. The normalized spacial score (nSPS) is 16.2. The van der Waals surface area contributed by atoms with Crippen LogP contribution in [0.1, 0.15) is 41.8 Å². The van der Waals surface area contributed by atoms with Crippen molar-refractivity contribution >= 4 is 35.3 Å². The van der Waals surface area contributed by atoms with Gasteiger partial charge in [-0.05, 0) is 50.1 Å². The predicted octanol–water partition coefficient (Wildman–Crippen LogP) is 4.63. The summed E-state index contributed by atoms with van der Waals surface area (Å²) in [4.78, 5) is 28.5. The van der Waals surface area contributed by atoms with Gasteiger partial charge in [0.2, 0.25) is 0 Å².